The van der Waals surface area contributed by atoms with Gasteiger partial charge in [-0.3, -0.25) is 9.69 Å². The Bertz CT molecular complexity index is 634. The first-order valence-electron chi connectivity index (χ1n) is 7.66. The molecule has 23 heavy (non-hydrogen) atoms. The van der Waals surface area contributed by atoms with Gasteiger partial charge in [-0.15, -0.1) is 0 Å². The van der Waals surface area contributed by atoms with Gasteiger partial charge in [0.05, 0.1) is 19.7 Å². The number of benzene rings is 1. The first kappa shape index (κ1) is 17.1. The number of carbonyl (C=O) groups excluding carboxylic acids is 1. The number of nitrogens with one attached hydrogen (secondary N) is 1. The molecular formula is C18H24N2O3. The lowest BCUT2D eigenvalue weighted by Crippen LogP contribution is -2.42. The normalized spacial score (nSPS) is 12.2. The predicted molar refractivity (Wildman–Crippen MR) is 89.2 cm³/mol. The summed E-state index contributed by atoms with van der Waals surface area (Å²) in [4.78, 5) is 14.2. The van der Waals surface area contributed by atoms with E-state index < -0.39 is 0 Å². The molecule has 0 saturated heterocycles. The number of carbonyl (C=O) groups is 1. The van der Waals surface area contributed by atoms with Crippen LogP contribution in [0, 0.1) is 6.92 Å². The van der Waals surface area contributed by atoms with E-state index in [4.69, 9.17) is 9.15 Å². The molecule has 0 spiro atoms. The van der Waals surface area contributed by atoms with Gasteiger partial charge < -0.3 is 14.5 Å². The van der Waals surface area contributed by atoms with E-state index in [0.29, 0.717) is 13.1 Å². The summed E-state index contributed by atoms with van der Waals surface area (Å²) in [5.74, 6) is 2.54. The summed E-state index contributed by atoms with van der Waals surface area (Å²) < 4.78 is 10.7. The first-order chi connectivity index (χ1) is 11.0. The zero-order valence-electron chi connectivity index (χ0n) is 14.1. The molecule has 124 valence electrons. The van der Waals surface area contributed by atoms with Crippen molar-refractivity contribution in [3.8, 4) is 5.75 Å². The van der Waals surface area contributed by atoms with Crippen molar-refractivity contribution in [1.29, 1.82) is 0 Å². The van der Waals surface area contributed by atoms with Crippen LogP contribution in [0.2, 0.25) is 0 Å². The van der Waals surface area contributed by atoms with E-state index in [1.165, 1.54) is 0 Å². The molecule has 0 radical (unpaired) electrons. The largest absolute Gasteiger partial charge is 0.497 e. The predicted octanol–water partition coefficient (Wildman–Crippen LogP) is 2.73. The molecule has 1 aromatic heterocycles. The number of hydrogen-bond donors (Lipinski definition) is 1. The maximum Gasteiger partial charge on any atom is 0.237 e. The molecule has 0 saturated carbocycles. The quantitative estimate of drug-likeness (QED) is 0.853. The van der Waals surface area contributed by atoms with Crippen LogP contribution in [0.3, 0.4) is 0 Å². The summed E-state index contributed by atoms with van der Waals surface area (Å²) in [5, 5.41) is 2.96. The molecule has 0 fully saturated rings. The van der Waals surface area contributed by atoms with Gasteiger partial charge in [-0.2, -0.15) is 0 Å². The molecule has 0 aliphatic carbocycles. The Morgan fingerprint density at radius 2 is 1.96 bits per heavy atom. The number of rotatable bonds is 7. The summed E-state index contributed by atoms with van der Waals surface area (Å²) in [6.07, 6.45) is 0. The third kappa shape index (κ3) is 4.86. The van der Waals surface area contributed by atoms with Gasteiger partial charge >= 0.3 is 0 Å². The summed E-state index contributed by atoms with van der Waals surface area (Å²) in [5.41, 5.74) is 1.04. The highest BCUT2D eigenvalue weighted by Crippen LogP contribution is 2.12. The van der Waals surface area contributed by atoms with Gasteiger partial charge in [0.2, 0.25) is 5.91 Å². The molecule has 0 aliphatic rings. The molecule has 1 heterocycles. The molecule has 1 aromatic carbocycles. The third-order valence-electron chi connectivity index (χ3n) is 3.87. The first-order valence-corrected chi connectivity index (χ1v) is 7.66. The average Bonchev–Trinajstić information content (AvgIpc) is 2.97. The van der Waals surface area contributed by atoms with Crippen LogP contribution in [-0.2, 0) is 17.9 Å². The zero-order valence-corrected chi connectivity index (χ0v) is 14.1. The Hall–Kier alpha value is -2.27. The van der Waals surface area contributed by atoms with Gasteiger partial charge in [-0.1, -0.05) is 12.1 Å². The number of hydrogen-bond acceptors (Lipinski definition) is 4. The number of aryl methyl sites for hydroxylation is 1. The second kappa shape index (κ2) is 7.83. The Labute approximate surface area is 137 Å². The molecule has 0 bridgehead atoms. The van der Waals surface area contributed by atoms with E-state index in [9.17, 15) is 4.79 Å². The van der Waals surface area contributed by atoms with E-state index in [2.05, 4.69) is 5.32 Å². The Morgan fingerprint density at radius 3 is 2.52 bits per heavy atom. The topological polar surface area (TPSA) is 54.7 Å². The lowest BCUT2D eigenvalue weighted by atomic mass is 10.2. The number of amides is 1. The molecule has 1 atom stereocenters. The second-order valence-electron chi connectivity index (χ2n) is 5.67. The Balaban J connectivity index is 1.83. The maximum atomic E-state index is 12.3. The van der Waals surface area contributed by atoms with Crippen LogP contribution in [-0.4, -0.2) is 31.0 Å². The molecule has 5 nitrogen and oxygen atoms in total. The summed E-state index contributed by atoms with van der Waals surface area (Å²) >= 11 is 0. The number of likely N-dealkylation sites (N-methyl/N-ethyl adjacent to an activating group) is 1. The van der Waals surface area contributed by atoms with Crippen LogP contribution in [0.1, 0.15) is 24.0 Å². The second-order valence-corrected chi connectivity index (χ2v) is 5.67. The number of ether oxygens (including phenoxy) is 1. The van der Waals surface area contributed by atoms with Crippen molar-refractivity contribution in [3.05, 3.63) is 53.5 Å². The highest BCUT2D eigenvalue weighted by molar-refractivity contribution is 5.81. The Morgan fingerprint density at radius 1 is 1.26 bits per heavy atom. The van der Waals surface area contributed by atoms with Gasteiger partial charge in [0.25, 0.3) is 0 Å². The average molecular weight is 316 g/mol. The molecule has 5 heteroatoms. The zero-order chi connectivity index (χ0) is 16.8. The molecule has 1 N–H and O–H groups in total. The van der Waals surface area contributed by atoms with Crippen LogP contribution in [0.15, 0.2) is 40.8 Å². The standard InChI is InChI=1S/C18H24N2O3/c1-13-5-8-17(23-13)12-20(3)14(2)18(21)19-11-15-6-9-16(22-4)10-7-15/h5-10,14H,11-12H2,1-4H3,(H,19,21)/t14-/m0/s1. The monoisotopic (exact) mass is 316 g/mol. The van der Waals surface area contributed by atoms with Crippen LogP contribution in [0.25, 0.3) is 0 Å². The van der Waals surface area contributed by atoms with E-state index in [-0.39, 0.29) is 11.9 Å². The van der Waals surface area contributed by atoms with Crippen LogP contribution in [0.4, 0.5) is 0 Å². The molecule has 2 aromatic rings. The van der Waals surface area contributed by atoms with E-state index >= 15 is 0 Å². The van der Waals surface area contributed by atoms with E-state index in [1.54, 1.807) is 7.11 Å². The van der Waals surface area contributed by atoms with E-state index in [0.717, 1.165) is 22.8 Å². The molecule has 2 rings (SSSR count). The minimum Gasteiger partial charge on any atom is -0.497 e. The molecule has 0 aliphatic heterocycles. The lowest BCUT2D eigenvalue weighted by molar-refractivity contribution is -0.125. The van der Waals surface area contributed by atoms with Crippen molar-refractivity contribution in [2.24, 2.45) is 0 Å². The van der Waals surface area contributed by atoms with Crippen LogP contribution in [0.5, 0.6) is 5.75 Å². The van der Waals surface area contributed by atoms with Crippen molar-refractivity contribution in [2.75, 3.05) is 14.2 Å². The highest BCUT2D eigenvalue weighted by atomic mass is 16.5. The summed E-state index contributed by atoms with van der Waals surface area (Å²) in [6.45, 7) is 4.90. The van der Waals surface area contributed by atoms with Gasteiger partial charge in [-0.05, 0) is 50.7 Å². The highest BCUT2D eigenvalue weighted by Gasteiger charge is 2.18. The molecular weight excluding hydrogens is 292 g/mol. The fraction of sp³-hybridized carbons (Fsp3) is 0.389. The summed E-state index contributed by atoms with van der Waals surface area (Å²) in [6, 6.07) is 11.3. The van der Waals surface area contributed by atoms with Gasteiger partial charge in [0.1, 0.15) is 17.3 Å². The fourth-order valence-electron chi connectivity index (χ4n) is 2.23. The van der Waals surface area contributed by atoms with Crippen molar-refractivity contribution < 1.29 is 13.9 Å². The van der Waals surface area contributed by atoms with Crippen LogP contribution >= 0.6 is 0 Å². The molecule has 1 amide bonds. The van der Waals surface area contributed by atoms with Crippen molar-refractivity contribution >= 4 is 5.91 Å². The number of furan rings is 1. The smallest absolute Gasteiger partial charge is 0.237 e. The number of nitrogens with zero attached hydrogens (tertiary/aromatic N) is 1. The maximum absolute atomic E-state index is 12.3. The van der Waals surface area contributed by atoms with Crippen LogP contribution < -0.4 is 10.1 Å². The van der Waals surface area contributed by atoms with Crippen molar-refractivity contribution in [2.45, 2.75) is 33.0 Å². The number of methoxy groups -OCH3 is 1. The lowest BCUT2D eigenvalue weighted by Gasteiger charge is -2.22. The van der Waals surface area contributed by atoms with Gasteiger partial charge in [0.15, 0.2) is 0 Å². The molecule has 0 unspecified atom stereocenters. The van der Waals surface area contributed by atoms with Gasteiger partial charge in [-0.25, -0.2) is 0 Å². The Kier molecular flexibility index (Phi) is 5.82. The SMILES string of the molecule is COc1ccc(CNC(=O)[C@H](C)N(C)Cc2ccc(C)o2)cc1. The van der Waals surface area contributed by atoms with Crippen molar-refractivity contribution in [1.82, 2.24) is 10.2 Å². The summed E-state index contributed by atoms with van der Waals surface area (Å²) in [7, 11) is 3.55. The fourth-order valence-corrected chi connectivity index (χ4v) is 2.23. The third-order valence-corrected chi connectivity index (χ3v) is 3.87. The minimum absolute atomic E-state index is 0.00778. The minimum atomic E-state index is -0.237. The van der Waals surface area contributed by atoms with Gasteiger partial charge in [0, 0.05) is 6.54 Å². The van der Waals surface area contributed by atoms with E-state index in [1.807, 2.05) is 62.2 Å². The van der Waals surface area contributed by atoms with Crippen molar-refractivity contribution in [3.63, 3.8) is 0 Å².